The van der Waals surface area contributed by atoms with Gasteiger partial charge in [0.05, 0.1) is 0 Å². The lowest BCUT2D eigenvalue weighted by Crippen LogP contribution is -2.46. The van der Waals surface area contributed by atoms with Crippen molar-refractivity contribution in [2.75, 3.05) is 0 Å². The molecule has 14 heavy (non-hydrogen) atoms. The van der Waals surface area contributed by atoms with E-state index in [4.69, 9.17) is 10.8 Å². The Morgan fingerprint density at radius 3 is 2.36 bits per heavy atom. The second-order valence-electron chi connectivity index (χ2n) is 4.43. The number of halogens is 1. The molecule has 3 nitrogen and oxygen atoms in total. The number of nitrogens with two attached hydrogens (primary N) is 1. The number of carboxylic acid groups (broad SMARTS) is 1. The van der Waals surface area contributed by atoms with Gasteiger partial charge in [-0.1, -0.05) is 32.1 Å². The minimum atomic E-state index is -1.03. The van der Waals surface area contributed by atoms with Gasteiger partial charge < -0.3 is 10.8 Å². The van der Waals surface area contributed by atoms with Crippen molar-refractivity contribution in [1.29, 1.82) is 0 Å². The predicted molar refractivity (Wildman–Crippen MR) is 58.7 cm³/mol. The first-order valence-corrected chi connectivity index (χ1v) is 5.04. The third-order valence-corrected chi connectivity index (χ3v) is 2.93. The molecule has 0 aromatic heterocycles. The molecule has 0 heterocycles. The number of carboxylic acids is 1. The maximum absolute atomic E-state index is 10.8. The third-order valence-electron chi connectivity index (χ3n) is 2.93. The summed E-state index contributed by atoms with van der Waals surface area (Å²) in [5.74, 6) is -0.349. The number of rotatable bonds is 3. The van der Waals surface area contributed by atoms with E-state index >= 15 is 0 Å². The molecule has 0 saturated heterocycles. The van der Waals surface area contributed by atoms with Crippen molar-refractivity contribution in [3.05, 3.63) is 0 Å². The van der Waals surface area contributed by atoms with Crippen molar-refractivity contribution in [2.45, 2.75) is 51.0 Å². The summed E-state index contributed by atoms with van der Waals surface area (Å²) < 4.78 is 0. The molecule has 84 valence electrons. The number of carbonyl (C=O) groups is 1. The minimum Gasteiger partial charge on any atom is -0.480 e. The number of hydrogen-bond acceptors (Lipinski definition) is 2. The predicted octanol–water partition coefficient (Wildman–Crippen LogP) is 2.18. The molecule has 0 spiro atoms. The fraction of sp³-hybridized carbons (Fsp3) is 0.900. The number of aliphatic carboxylic acids is 1. The van der Waals surface area contributed by atoms with E-state index in [1.807, 2.05) is 0 Å². The first-order chi connectivity index (χ1) is 6.02. The van der Waals surface area contributed by atoms with E-state index in [0.717, 1.165) is 12.8 Å². The molecule has 3 N–H and O–H groups in total. The van der Waals surface area contributed by atoms with Crippen LogP contribution in [0.2, 0.25) is 0 Å². The molecule has 1 saturated carbocycles. The van der Waals surface area contributed by atoms with E-state index in [0.29, 0.717) is 12.3 Å². The van der Waals surface area contributed by atoms with Crippen molar-refractivity contribution in [2.24, 2.45) is 11.7 Å². The van der Waals surface area contributed by atoms with Crippen molar-refractivity contribution in [3.63, 3.8) is 0 Å². The van der Waals surface area contributed by atoms with Gasteiger partial charge in [-0.3, -0.25) is 4.79 Å². The van der Waals surface area contributed by atoms with E-state index in [2.05, 4.69) is 0 Å². The van der Waals surface area contributed by atoms with Crippen LogP contribution in [0.15, 0.2) is 0 Å². The largest absolute Gasteiger partial charge is 0.480 e. The van der Waals surface area contributed by atoms with Crippen LogP contribution in [-0.2, 0) is 4.79 Å². The zero-order valence-corrected chi connectivity index (χ0v) is 9.48. The highest BCUT2D eigenvalue weighted by atomic mass is 35.5. The van der Waals surface area contributed by atoms with Crippen LogP contribution in [0.4, 0.5) is 0 Å². The molecule has 1 aliphatic rings. The average Bonchev–Trinajstić information content (AvgIpc) is 2.05. The van der Waals surface area contributed by atoms with Crippen LogP contribution in [0.25, 0.3) is 0 Å². The summed E-state index contributed by atoms with van der Waals surface area (Å²) in [5.41, 5.74) is 4.67. The van der Waals surface area contributed by atoms with Crippen LogP contribution in [0, 0.1) is 5.92 Å². The highest BCUT2D eigenvalue weighted by molar-refractivity contribution is 5.85. The Bertz CT molecular complexity index is 189. The van der Waals surface area contributed by atoms with Gasteiger partial charge in [0.2, 0.25) is 0 Å². The molecule has 0 radical (unpaired) electrons. The van der Waals surface area contributed by atoms with E-state index in [-0.39, 0.29) is 12.4 Å². The summed E-state index contributed by atoms with van der Waals surface area (Å²) in [6.45, 7) is 1.62. The van der Waals surface area contributed by atoms with Crippen LogP contribution >= 0.6 is 12.4 Å². The minimum absolute atomic E-state index is 0. The summed E-state index contributed by atoms with van der Waals surface area (Å²) in [6, 6.07) is 0. The monoisotopic (exact) mass is 221 g/mol. The highest BCUT2D eigenvalue weighted by Crippen LogP contribution is 2.29. The smallest absolute Gasteiger partial charge is 0.323 e. The molecule has 0 bridgehead atoms. The molecule has 4 heteroatoms. The zero-order valence-electron chi connectivity index (χ0n) is 8.66. The number of hydrogen-bond donors (Lipinski definition) is 2. The lowest BCUT2D eigenvalue weighted by Gasteiger charge is -2.28. The van der Waals surface area contributed by atoms with Crippen LogP contribution in [0.5, 0.6) is 0 Å². The van der Waals surface area contributed by atoms with Crippen LogP contribution in [0.3, 0.4) is 0 Å². The molecule has 1 atom stereocenters. The molecular weight excluding hydrogens is 202 g/mol. The van der Waals surface area contributed by atoms with Gasteiger partial charge in [-0.2, -0.15) is 0 Å². The maximum Gasteiger partial charge on any atom is 0.323 e. The van der Waals surface area contributed by atoms with Crippen molar-refractivity contribution >= 4 is 18.4 Å². The summed E-state index contributed by atoms with van der Waals surface area (Å²) >= 11 is 0. The van der Waals surface area contributed by atoms with Crippen molar-refractivity contribution in [1.82, 2.24) is 0 Å². The SMILES string of the molecule is CC(N)(CC1CCCCC1)C(=O)O.Cl. The molecule has 0 aliphatic heterocycles. The van der Waals surface area contributed by atoms with E-state index in [9.17, 15) is 4.79 Å². The molecule has 1 aliphatic carbocycles. The molecule has 0 amide bonds. The molecule has 1 fully saturated rings. The fourth-order valence-corrected chi connectivity index (χ4v) is 2.08. The first kappa shape index (κ1) is 13.7. The normalized spacial score (nSPS) is 22.1. The first-order valence-electron chi connectivity index (χ1n) is 5.04. The summed E-state index contributed by atoms with van der Waals surface area (Å²) in [7, 11) is 0. The van der Waals surface area contributed by atoms with Gasteiger partial charge in [0.1, 0.15) is 5.54 Å². The summed E-state index contributed by atoms with van der Waals surface area (Å²) in [5, 5.41) is 8.85. The Hall–Kier alpha value is -0.280. The Morgan fingerprint density at radius 1 is 1.43 bits per heavy atom. The molecule has 1 rings (SSSR count). The molecular formula is C10H20ClNO2. The van der Waals surface area contributed by atoms with Crippen LogP contribution in [0.1, 0.15) is 45.4 Å². The lowest BCUT2D eigenvalue weighted by atomic mass is 9.80. The average molecular weight is 222 g/mol. The van der Waals surface area contributed by atoms with E-state index in [1.165, 1.54) is 19.3 Å². The van der Waals surface area contributed by atoms with E-state index < -0.39 is 11.5 Å². The molecule has 1 unspecified atom stereocenters. The Labute approximate surface area is 91.5 Å². The van der Waals surface area contributed by atoms with Gasteiger partial charge >= 0.3 is 5.97 Å². The zero-order chi connectivity index (χ0) is 9.90. The second kappa shape index (κ2) is 5.56. The topological polar surface area (TPSA) is 63.3 Å². The van der Waals surface area contributed by atoms with Crippen molar-refractivity contribution in [3.8, 4) is 0 Å². The Morgan fingerprint density at radius 2 is 1.93 bits per heavy atom. The third kappa shape index (κ3) is 3.84. The standard InChI is InChI=1S/C10H19NO2.ClH/c1-10(11,9(12)13)7-8-5-3-2-4-6-8;/h8H,2-7,11H2,1H3,(H,12,13);1H. The van der Waals surface area contributed by atoms with Gasteiger partial charge in [-0.15, -0.1) is 12.4 Å². The summed E-state index contributed by atoms with van der Waals surface area (Å²) in [6.07, 6.45) is 6.70. The van der Waals surface area contributed by atoms with E-state index in [1.54, 1.807) is 6.92 Å². The Balaban J connectivity index is 0.00000169. The van der Waals surface area contributed by atoms with Gasteiger partial charge in [0.15, 0.2) is 0 Å². The second-order valence-corrected chi connectivity index (χ2v) is 4.43. The Kier molecular flexibility index (Phi) is 5.45. The molecule has 0 aromatic rings. The van der Waals surface area contributed by atoms with Gasteiger partial charge in [0.25, 0.3) is 0 Å². The lowest BCUT2D eigenvalue weighted by molar-refractivity contribution is -0.143. The van der Waals surface area contributed by atoms with Crippen LogP contribution < -0.4 is 5.73 Å². The summed E-state index contributed by atoms with van der Waals surface area (Å²) in [4.78, 5) is 10.8. The van der Waals surface area contributed by atoms with Gasteiger partial charge in [0, 0.05) is 0 Å². The quantitative estimate of drug-likeness (QED) is 0.768. The molecule has 0 aromatic carbocycles. The maximum atomic E-state index is 10.8. The highest BCUT2D eigenvalue weighted by Gasteiger charge is 2.31. The van der Waals surface area contributed by atoms with Gasteiger partial charge in [-0.05, 0) is 19.3 Å². The fourth-order valence-electron chi connectivity index (χ4n) is 2.08. The van der Waals surface area contributed by atoms with Crippen molar-refractivity contribution < 1.29 is 9.90 Å². The van der Waals surface area contributed by atoms with Gasteiger partial charge in [-0.25, -0.2) is 0 Å². The van der Waals surface area contributed by atoms with Crippen LogP contribution in [-0.4, -0.2) is 16.6 Å².